The predicted octanol–water partition coefficient (Wildman–Crippen LogP) is 3.15. The Morgan fingerprint density at radius 1 is 0.909 bits per heavy atom. The molecule has 0 fully saturated rings. The first-order valence-corrected chi connectivity index (χ1v) is 11.5. The summed E-state index contributed by atoms with van der Waals surface area (Å²) in [5.74, 6) is 0. The summed E-state index contributed by atoms with van der Waals surface area (Å²) in [6, 6.07) is 0.714. The highest BCUT2D eigenvalue weighted by Crippen LogP contribution is 2.19. The number of rotatable bonds is 3. The van der Waals surface area contributed by atoms with Gasteiger partial charge >= 0.3 is 0 Å². The molecule has 0 heterocycles. The summed E-state index contributed by atoms with van der Waals surface area (Å²) in [7, 11) is -2.32. The normalized spacial score (nSPS) is 14.2. The summed E-state index contributed by atoms with van der Waals surface area (Å²) in [4.78, 5) is 0. The maximum Gasteiger partial charge on any atom is 0.113 e. The lowest BCUT2D eigenvalue weighted by atomic mass is 11.5. The highest BCUT2D eigenvalue weighted by molar-refractivity contribution is 6.89. The maximum absolute atomic E-state index is 5.93. The lowest BCUT2D eigenvalue weighted by molar-refractivity contribution is 0.725. The smallest absolute Gasteiger partial charge is 0.113 e. The monoisotopic (exact) mass is 209 g/mol. The second kappa shape index (κ2) is 3.60. The highest BCUT2D eigenvalue weighted by atomic mass is 35.5. The molecule has 0 aliphatic rings. The molecule has 0 aliphatic carbocycles. The van der Waals surface area contributed by atoms with Gasteiger partial charge in [-0.05, 0) is 0 Å². The fourth-order valence-corrected chi connectivity index (χ4v) is 12.3. The van der Waals surface area contributed by atoms with Crippen LogP contribution in [0.2, 0.25) is 39.3 Å². The molecule has 1 nitrogen and oxygen atoms in total. The Labute approximate surface area is 77.9 Å². The second-order valence-corrected chi connectivity index (χ2v) is 15.3. The van der Waals surface area contributed by atoms with Crippen molar-refractivity contribution in [3.05, 3.63) is 0 Å². The minimum Gasteiger partial charge on any atom is -0.333 e. The molecule has 0 saturated heterocycles. The first-order chi connectivity index (χ1) is 4.69. The molecular formula is C7H20ClNSi2. The van der Waals surface area contributed by atoms with Gasteiger partial charge in [0.2, 0.25) is 0 Å². The van der Waals surface area contributed by atoms with E-state index in [9.17, 15) is 0 Å². The molecule has 0 N–H and O–H groups in total. The molecule has 0 atom stereocenters. The molecule has 0 amide bonds. The van der Waals surface area contributed by atoms with Crippen molar-refractivity contribution >= 4 is 28.1 Å². The van der Waals surface area contributed by atoms with Crippen LogP contribution in [0, 0.1) is 0 Å². The van der Waals surface area contributed by atoms with Gasteiger partial charge in [0.25, 0.3) is 0 Å². The third kappa shape index (κ3) is 3.74. The molecular weight excluding hydrogens is 190 g/mol. The molecule has 0 aromatic rings. The van der Waals surface area contributed by atoms with Gasteiger partial charge in [-0.2, -0.15) is 0 Å². The van der Waals surface area contributed by atoms with Gasteiger partial charge in [-0.3, -0.25) is 0 Å². The Kier molecular flexibility index (Phi) is 3.82. The van der Waals surface area contributed by atoms with Crippen molar-refractivity contribution in [2.45, 2.75) is 39.3 Å². The number of halogens is 1. The molecule has 0 aromatic heterocycles. The summed E-state index contributed by atoms with van der Waals surface area (Å²) < 4.78 is 2.54. The highest BCUT2D eigenvalue weighted by Gasteiger charge is 2.33. The molecule has 0 spiro atoms. The summed E-state index contributed by atoms with van der Waals surface area (Å²) in [6.07, 6.45) is 0. The fraction of sp³-hybridized carbons (Fsp3) is 1.00. The Hall–Kier alpha value is 0.684. The zero-order chi connectivity index (χ0) is 9.28. The second-order valence-electron chi connectivity index (χ2n) is 4.89. The standard InChI is InChI=1S/C7H20ClNSi2/c1-10(2,3)9(7-8)11(4,5)6/h7H2,1-6H3. The third-order valence-corrected chi connectivity index (χ3v) is 9.96. The van der Waals surface area contributed by atoms with Gasteiger partial charge in [0.1, 0.15) is 16.5 Å². The van der Waals surface area contributed by atoms with Gasteiger partial charge < -0.3 is 4.23 Å². The molecule has 4 heteroatoms. The minimum atomic E-state index is -1.16. The van der Waals surface area contributed by atoms with Crippen LogP contribution in [0.4, 0.5) is 0 Å². The van der Waals surface area contributed by atoms with E-state index in [1.54, 1.807) is 0 Å². The van der Waals surface area contributed by atoms with Crippen LogP contribution in [-0.4, -0.2) is 26.7 Å². The quantitative estimate of drug-likeness (QED) is 0.392. The molecule has 0 radical (unpaired) electrons. The summed E-state index contributed by atoms with van der Waals surface area (Å²) in [5.41, 5.74) is 0. The molecule has 0 aliphatic heterocycles. The van der Waals surface area contributed by atoms with Crippen LogP contribution in [0.15, 0.2) is 0 Å². The molecule has 0 aromatic carbocycles. The van der Waals surface area contributed by atoms with Crippen molar-refractivity contribution < 1.29 is 0 Å². The van der Waals surface area contributed by atoms with Gasteiger partial charge in [-0.25, -0.2) is 0 Å². The van der Waals surface area contributed by atoms with E-state index in [0.717, 1.165) is 0 Å². The molecule has 68 valence electrons. The number of alkyl halides is 1. The van der Waals surface area contributed by atoms with Gasteiger partial charge in [0, 0.05) is 0 Å². The van der Waals surface area contributed by atoms with Crippen molar-refractivity contribution in [2.75, 3.05) is 6.00 Å². The molecule has 11 heavy (non-hydrogen) atoms. The average Bonchev–Trinajstić information content (AvgIpc) is 1.56. The van der Waals surface area contributed by atoms with E-state index in [1.807, 2.05) is 0 Å². The fourth-order valence-electron chi connectivity index (χ4n) is 1.36. The first-order valence-electron chi connectivity index (χ1n) is 4.03. The number of nitrogens with zero attached hydrogens (tertiary/aromatic N) is 1. The van der Waals surface area contributed by atoms with Gasteiger partial charge in [-0.1, -0.05) is 39.3 Å². The SMILES string of the molecule is C[Si](C)(C)N(CCl)[Si](C)(C)C. The van der Waals surface area contributed by atoms with Crippen molar-refractivity contribution in [2.24, 2.45) is 0 Å². The van der Waals surface area contributed by atoms with Gasteiger partial charge in [-0.15, -0.1) is 11.6 Å². The molecule has 0 rings (SSSR count). The summed E-state index contributed by atoms with van der Waals surface area (Å²) >= 11 is 5.93. The number of hydrogen-bond donors (Lipinski definition) is 0. The van der Waals surface area contributed by atoms with E-state index >= 15 is 0 Å². The van der Waals surface area contributed by atoms with Crippen molar-refractivity contribution in [3.8, 4) is 0 Å². The zero-order valence-corrected chi connectivity index (χ0v) is 11.3. The molecule has 0 unspecified atom stereocenters. The van der Waals surface area contributed by atoms with E-state index in [1.165, 1.54) is 0 Å². The van der Waals surface area contributed by atoms with E-state index in [4.69, 9.17) is 11.6 Å². The lowest BCUT2D eigenvalue weighted by Gasteiger charge is -2.41. The largest absolute Gasteiger partial charge is 0.333 e. The van der Waals surface area contributed by atoms with Crippen LogP contribution < -0.4 is 0 Å². The minimum absolute atomic E-state index is 0.714. The van der Waals surface area contributed by atoms with E-state index in [0.29, 0.717) is 6.00 Å². The average molecular weight is 210 g/mol. The number of hydrogen-bond acceptors (Lipinski definition) is 1. The molecule has 0 bridgehead atoms. The van der Waals surface area contributed by atoms with Crippen molar-refractivity contribution in [1.29, 1.82) is 0 Å². The maximum atomic E-state index is 5.93. The Morgan fingerprint density at radius 2 is 1.18 bits per heavy atom. The van der Waals surface area contributed by atoms with Crippen LogP contribution >= 0.6 is 11.6 Å². The molecule has 0 saturated carbocycles. The Balaban J connectivity index is 4.43. The first kappa shape index (κ1) is 11.7. The Bertz CT molecular complexity index is 111. The predicted molar refractivity (Wildman–Crippen MR) is 59.3 cm³/mol. The van der Waals surface area contributed by atoms with Crippen LogP contribution in [0.5, 0.6) is 0 Å². The summed E-state index contributed by atoms with van der Waals surface area (Å²) in [5, 5.41) is 0. The van der Waals surface area contributed by atoms with Crippen molar-refractivity contribution in [1.82, 2.24) is 4.23 Å². The Morgan fingerprint density at radius 3 is 1.18 bits per heavy atom. The van der Waals surface area contributed by atoms with Crippen LogP contribution in [0.1, 0.15) is 0 Å². The summed E-state index contributed by atoms with van der Waals surface area (Å²) in [6.45, 7) is 14.1. The van der Waals surface area contributed by atoms with Crippen LogP contribution in [0.3, 0.4) is 0 Å². The van der Waals surface area contributed by atoms with Crippen LogP contribution in [-0.2, 0) is 0 Å². The third-order valence-electron chi connectivity index (χ3n) is 1.74. The van der Waals surface area contributed by atoms with E-state index in [2.05, 4.69) is 43.5 Å². The van der Waals surface area contributed by atoms with Crippen molar-refractivity contribution in [3.63, 3.8) is 0 Å². The zero-order valence-electron chi connectivity index (χ0n) is 8.53. The van der Waals surface area contributed by atoms with E-state index in [-0.39, 0.29) is 0 Å². The van der Waals surface area contributed by atoms with E-state index < -0.39 is 16.5 Å². The van der Waals surface area contributed by atoms with Gasteiger partial charge in [0.05, 0.1) is 6.00 Å². The van der Waals surface area contributed by atoms with Gasteiger partial charge in [0.15, 0.2) is 0 Å². The topological polar surface area (TPSA) is 3.24 Å². The van der Waals surface area contributed by atoms with Crippen LogP contribution in [0.25, 0.3) is 0 Å². The lowest BCUT2D eigenvalue weighted by Crippen LogP contribution is -2.58.